The summed E-state index contributed by atoms with van der Waals surface area (Å²) in [7, 11) is -1.79. The molecule has 2 aromatic carbocycles. The van der Waals surface area contributed by atoms with Crippen molar-refractivity contribution < 1.29 is 8.42 Å². The van der Waals surface area contributed by atoms with Gasteiger partial charge >= 0.3 is 0 Å². The molecule has 1 unspecified atom stereocenters. The molecule has 0 radical (unpaired) electrons. The van der Waals surface area contributed by atoms with Crippen LogP contribution >= 0.6 is 0 Å². The van der Waals surface area contributed by atoms with E-state index < -0.39 is 16.1 Å². The normalized spacial score (nSPS) is 13.2. The van der Waals surface area contributed by atoms with Crippen LogP contribution in [0.5, 0.6) is 0 Å². The van der Waals surface area contributed by atoms with Gasteiger partial charge < -0.3 is 5.73 Å². The molecule has 1 atom stereocenters. The van der Waals surface area contributed by atoms with Gasteiger partial charge in [-0.25, -0.2) is 17.7 Å². The first kappa shape index (κ1) is 20.2. The summed E-state index contributed by atoms with van der Waals surface area (Å²) >= 11 is 0. The summed E-state index contributed by atoms with van der Waals surface area (Å²) in [4.78, 5) is 18.0. The fraction of sp³-hybridized carbons (Fsp3) is 0.300. The molecule has 0 aliphatic carbocycles. The SMILES string of the molecule is Cc1cccc2nc(C(C)N)n(-c3cccc(CN(C)S(C)(=O)=O)c3)c(=O)c12. The Balaban J connectivity index is 2.22. The summed E-state index contributed by atoms with van der Waals surface area (Å²) in [5, 5.41) is 0.547. The predicted molar refractivity (Wildman–Crippen MR) is 111 cm³/mol. The molecule has 1 heterocycles. The zero-order valence-corrected chi connectivity index (χ0v) is 17.2. The average Bonchev–Trinajstić information content (AvgIpc) is 2.60. The third-order valence-electron chi connectivity index (χ3n) is 4.68. The molecule has 8 heteroatoms. The number of hydrogen-bond acceptors (Lipinski definition) is 5. The van der Waals surface area contributed by atoms with Gasteiger partial charge in [-0.15, -0.1) is 0 Å². The molecule has 148 valence electrons. The van der Waals surface area contributed by atoms with Crippen molar-refractivity contribution in [3.63, 3.8) is 0 Å². The van der Waals surface area contributed by atoms with E-state index in [4.69, 9.17) is 5.73 Å². The Hall–Kier alpha value is -2.55. The number of nitrogens with two attached hydrogens (primary N) is 1. The second-order valence-electron chi connectivity index (χ2n) is 7.06. The zero-order valence-electron chi connectivity index (χ0n) is 16.4. The van der Waals surface area contributed by atoms with E-state index in [1.807, 2.05) is 25.1 Å². The minimum atomic E-state index is -3.31. The number of nitrogens with zero attached hydrogens (tertiary/aromatic N) is 3. The molecule has 28 heavy (non-hydrogen) atoms. The van der Waals surface area contributed by atoms with E-state index >= 15 is 0 Å². The lowest BCUT2D eigenvalue weighted by molar-refractivity contribution is 0.472. The van der Waals surface area contributed by atoms with E-state index in [2.05, 4.69) is 4.98 Å². The second-order valence-corrected chi connectivity index (χ2v) is 9.15. The molecule has 0 fully saturated rings. The molecule has 3 rings (SSSR count). The Labute approximate surface area is 164 Å². The Morgan fingerprint density at radius 1 is 1.21 bits per heavy atom. The van der Waals surface area contributed by atoms with Gasteiger partial charge in [-0.3, -0.25) is 9.36 Å². The van der Waals surface area contributed by atoms with Crippen LogP contribution in [0.3, 0.4) is 0 Å². The molecule has 0 aliphatic rings. The van der Waals surface area contributed by atoms with Gasteiger partial charge in [-0.2, -0.15) is 0 Å². The summed E-state index contributed by atoms with van der Waals surface area (Å²) in [5.41, 5.74) is 8.75. The summed E-state index contributed by atoms with van der Waals surface area (Å²) in [6, 6.07) is 12.3. The predicted octanol–water partition coefficient (Wildman–Crippen LogP) is 2.11. The van der Waals surface area contributed by atoms with Crippen LogP contribution in [-0.4, -0.2) is 35.6 Å². The van der Waals surface area contributed by atoms with Crippen LogP contribution in [-0.2, 0) is 16.6 Å². The maximum absolute atomic E-state index is 13.3. The van der Waals surface area contributed by atoms with Crippen molar-refractivity contribution in [1.29, 1.82) is 0 Å². The van der Waals surface area contributed by atoms with Crippen LogP contribution in [0, 0.1) is 6.92 Å². The number of rotatable bonds is 5. The van der Waals surface area contributed by atoms with Crippen molar-refractivity contribution in [2.24, 2.45) is 5.73 Å². The lowest BCUT2D eigenvalue weighted by atomic mass is 10.1. The highest BCUT2D eigenvalue weighted by Crippen LogP contribution is 2.20. The van der Waals surface area contributed by atoms with Crippen LogP contribution in [0.15, 0.2) is 47.3 Å². The first-order valence-electron chi connectivity index (χ1n) is 8.88. The molecule has 0 aliphatic heterocycles. The largest absolute Gasteiger partial charge is 0.322 e. The molecule has 7 nitrogen and oxygen atoms in total. The highest BCUT2D eigenvalue weighted by atomic mass is 32.2. The smallest absolute Gasteiger partial charge is 0.266 e. The molecule has 0 saturated carbocycles. The van der Waals surface area contributed by atoms with Crippen LogP contribution in [0.2, 0.25) is 0 Å². The fourth-order valence-electron chi connectivity index (χ4n) is 3.14. The van der Waals surface area contributed by atoms with Crippen LogP contribution in [0.25, 0.3) is 16.6 Å². The number of aryl methyl sites for hydroxylation is 1. The molecule has 0 spiro atoms. The summed E-state index contributed by atoms with van der Waals surface area (Å²) in [6.45, 7) is 3.86. The number of benzene rings is 2. The number of aromatic nitrogens is 2. The lowest BCUT2D eigenvalue weighted by Gasteiger charge is -2.18. The standard InChI is InChI=1S/C20H24N4O3S/c1-13-7-5-10-17-18(13)20(25)24(19(22-17)14(2)21)16-9-6-8-15(11-16)12-23(3)28(4,26)27/h5-11,14H,12,21H2,1-4H3. The van der Waals surface area contributed by atoms with Gasteiger partial charge in [-0.1, -0.05) is 24.3 Å². The van der Waals surface area contributed by atoms with Gasteiger partial charge in [0, 0.05) is 13.6 Å². The topological polar surface area (TPSA) is 98.3 Å². The van der Waals surface area contributed by atoms with Crippen LogP contribution in [0.1, 0.15) is 29.9 Å². The molecule has 0 saturated heterocycles. The minimum Gasteiger partial charge on any atom is -0.322 e. The van der Waals surface area contributed by atoms with Crippen molar-refractivity contribution in [3.8, 4) is 5.69 Å². The average molecular weight is 401 g/mol. The van der Waals surface area contributed by atoms with Crippen molar-refractivity contribution in [3.05, 3.63) is 69.8 Å². The van der Waals surface area contributed by atoms with E-state index in [0.29, 0.717) is 22.4 Å². The van der Waals surface area contributed by atoms with Gasteiger partial charge in [0.25, 0.3) is 5.56 Å². The van der Waals surface area contributed by atoms with Crippen molar-refractivity contribution >= 4 is 20.9 Å². The Kier molecular flexibility index (Phi) is 5.38. The summed E-state index contributed by atoms with van der Waals surface area (Å²) in [5.74, 6) is 0.455. The van der Waals surface area contributed by atoms with E-state index in [1.54, 1.807) is 31.2 Å². The Bertz CT molecular complexity index is 1200. The van der Waals surface area contributed by atoms with E-state index in [1.165, 1.54) is 15.9 Å². The highest BCUT2D eigenvalue weighted by Gasteiger charge is 2.18. The van der Waals surface area contributed by atoms with E-state index in [0.717, 1.165) is 17.4 Å². The van der Waals surface area contributed by atoms with Crippen LogP contribution < -0.4 is 11.3 Å². The fourth-order valence-corrected chi connectivity index (χ4v) is 3.52. The first-order chi connectivity index (χ1) is 13.1. The van der Waals surface area contributed by atoms with Crippen molar-refractivity contribution in [2.45, 2.75) is 26.4 Å². The molecule has 1 aromatic heterocycles. The maximum atomic E-state index is 13.3. The van der Waals surface area contributed by atoms with Gasteiger partial charge in [0.1, 0.15) is 5.82 Å². The van der Waals surface area contributed by atoms with Gasteiger partial charge in [-0.05, 0) is 43.2 Å². The van der Waals surface area contributed by atoms with E-state index in [9.17, 15) is 13.2 Å². The van der Waals surface area contributed by atoms with Gasteiger partial charge in [0.2, 0.25) is 10.0 Å². The lowest BCUT2D eigenvalue weighted by Crippen LogP contribution is -2.28. The van der Waals surface area contributed by atoms with E-state index in [-0.39, 0.29) is 12.1 Å². The molecule has 0 bridgehead atoms. The molecule has 2 N–H and O–H groups in total. The monoisotopic (exact) mass is 400 g/mol. The van der Waals surface area contributed by atoms with Crippen LogP contribution in [0.4, 0.5) is 0 Å². The zero-order chi connectivity index (χ0) is 20.6. The third kappa shape index (κ3) is 3.84. The molecular formula is C20H24N4O3S. The van der Waals surface area contributed by atoms with Gasteiger partial charge in [0.05, 0.1) is 28.9 Å². The number of hydrogen-bond donors (Lipinski definition) is 1. The Morgan fingerprint density at radius 3 is 2.54 bits per heavy atom. The molecular weight excluding hydrogens is 376 g/mol. The van der Waals surface area contributed by atoms with Gasteiger partial charge in [0.15, 0.2) is 0 Å². The second kappa shape index (κ2) is 7.46. The molecule has 0 amide bonds. The highest BCUT2D eigenvalue weighted by molar-refractivity contribution is 7.88. The third-order valence-corrected chi connectivity index (χ3v) is 5.94. The quantitative estimate of drug-likeness (QED) is 0.707. The Morgan fingerprint density at radius 2 is 1.89 bits per heavy atom. The number of fused-ring (bicyclic) bond motifs is 1. The summed E-state index contributed by atoms with van der Waals surface area (Å²) in [6.07, 6.45) is 1.16. The molecule has 3 aromatic rings. The summed E-state index contributed by atoms with van der Waals surface area (Å²) < 4.78 is 26.2. The maximum Gasteiger partial charge on any atom is 0.266 e. The first-order valence-corrected chi connectivity index (χ1v) is 10.7. The minimum absolute atomic E-state index is 0.191. The van der Waals surface area contributed by atoms with Crippen molar-refractivity contribution in [2.75, 3.05) is 13.3 Å². The number of sulfonamides is 1. The van der Waals surface area contributed by atoms with Crippen molar-refractivity contribution in [1.82, 2.24) is 13.9 Å².